The van der Waals surface area contributed by atoms with Gasteiger partial charge in [0.1, 0.15) is 0 Å². The zero-order valence-electron chi connectivity index (χ0n) is 12.5. The van der Waals surface area contributed by atoms with Gasteiger partial charge in [-0.2, -0.15) is 4.98 Å². The maximum absolute atomic E-state index is 13.9. The monoisotopic (exact) mass is 293 g/mol. The lowest BCUT2D eigenvalue weighted by atomic mass is 10.1. The molecule has 0 aliphatic heterocycles. The van der Waals surface area contributed by atoms with Crippen LogP contribution in [0.2, 0.25) is 0 Å². The highest BCUT2D eigenvalue weighted by Gasteiger charge is 2.12. The number of halogens is 1. The molecule has 114 valence electrons. The van der Waals surface area contributed by atoms with Crippen molar-refractivity contribution in [3.8, 4) is 5.75 Å². The van der Waals surface area contributed by atoms with E-state index in [0.717, 1.165) is 12.1 Å². The maximum Gasteiger partial charge on any atom is 0.223 e. The fourth-order valence-electron chi connectivity index (χ4n) is 1.89. The molecule has 0 radical (unpaired) electrons. The van der Waals surface area contributed by atoms with Crippen LogP contribution in [0.15, 0.2) is 22.7 Å². The molecule has 0 aliphatic rings. The van der Waals surface area contributed by atoms with Crippen LogP contribution in [-0.2, 0) is 13.2 Å². The predicted octanol–water partition coefficient (Wildman–Crippen LogP) is 2.84. The van der Waals surface area contributed by atoms with Crippen LogP contribution in [0.3, 0.4) is 0 Å². The van der Waals surface area contributed by atoms with E-state index in [4.69, 9.17) is 9.26 Å². The molecule has 0 saturated carbocycles. The van der Waals surface area contributed by atoms with Crippen molar-refractivity contribution in [2.75, 3.05) is 6.54 Å². The second kappa shape index (κ2) is 7.17. The number of aromatic nitrogens is 2. The Kier molecular flexibility index (Phi) is 5.27. The normalized spacial score (nSPS) is 11.1. The van der Waals surface area contributed by atoms with E-state index in [1.54, 1.807) is 13.0 Å². The summed E-state index contributed by atoms with van der Waals surface area (Å²) >= 11 is 0. The van der Waals surface area contributed by atoms with Crippen molar-refractivity contribution in [2.45, 2.75) is 33.9 Å². The third-order valence-electron chi connectivity index (χ3n) is 2.83. The Hall–Kier alpha value is -1.95. The van der Waals surface area contributed by atoms with Crippen LogP contribution >= 0.6 is 0 Å². The lowest BCUT2D eigenvalue weighted by molar-refractivity contribution is 0.269. The summed E-state index contributed by atoms with van der Waals surface area (Å²) in [5, 5.41) is 7.00. The molecule has 0 spiro atoms. The van der Waals surface area contributed by atoms with Crippen molar-refractivity contribution >= 4 is 0 Å². The zero-order chi connectivity index (χ0) is 15.2. The molecular formula is C15H20FN3O2. The van der Waals surface area contributed by atoms with E-state index >= 15 is 0 Å². The van der Waals surface area contributed by atoms with Crippen LogP contribution in [0.25, 0.3) is 0 Å². The van der Waals surface area contributed by atoms with E-state index in [1.807, 2.05) is 6.07 Å². The van der Waals surface area contributed by atoms with Crippen molar-refractivity contribution in [1.82, 2.24) is 15.5 Å². The van der Waals surface area contributed by atoms with Gasteiger partial charge in [0.15, 0.2) is 18.2 Å². The van der Waals surface area contributed by atoms with E-state index in [2.05, 4.69) is 29.3 Å². The molecular weight excluding hydrogens is 273 g/mol. The number of nitrogens with one attached hydrogen (secondary N) is 1. The SMILES string of the molecule is Cc1nc(COc2c(F)cccc2CNCC(C)C)no1. The minimum atomic E-state index is -0.390. The molecule has 1 aromatic heterocycles. The quantitative estimate of drug-likeness (QED) is 0.850. The summed E-state index contributed by atoms with van der Waals surface area (Å²) in [6, 6.07) is 4.89. The van der Waals surface area contributed by atoms with Crippen molar-refractivity contribution in [1.29, 1.82) is 0 Å². The molecule has 6 heteroatoms. The largest absolute Gasteiger partial charge is 0.482 e. The third kappa shape index (κ3) is 4.53. The first kappa shape index (κ1) is 15.4. The first-order chi connectivity index (χ1) is 10.1. The lowest BCUT2D eigenvalue weighted by Crippen LogP contribution is -2.19. The molecule has 0 aliphatic carbocycles. The average molecular weight is 293 g/mol. The standard InChI is InChI=1S/C15H20FN3O2/c1-10(2)7-17-8-12-5-4-6-13(16)15(12)20-9-14-18-11(3)21-19-14/h4-6,10,17H,7-9H2,1-3H3. The van der Waals surface area contributed by atoms with Gasteiger partial charge in [0, 0.05) is 19.0 Å². The van der Waals surface area contributed by atoms with Crippen LogP contribution in [0.1, 0.15) is 31.1 Å². The highest BCUT2D eigenvalue weighted by atomic mass is 19.1. The predicted molar refractivity (Wildman–Crippen MR) is 76.3 cm³/mol. The number of rotatable bonds is 7. The molecule has 5 nitrogen and oxygen atoms in total. The Morgan fingerprint density at radius 1 is 1.38 bits per heavy atom. The molecule has 0 atom stereocenters. The number of hydrogen-bond acceptors (Lipinski definition) is 5. The molecule has 1 heterocycles. The Morgan fingerprint density at radius 2 is 2.19 bits per heavy atom. The summed E-state index contributed by atoms with van der Waals surface area (Å²) < 4.78 is 24.3. The Morgan fingerprint density at radius 3 is 2.86 bits per heavy atom. The van der Waals surface area contributed by atoms with E-state index in [1.165, 1.54) is 6.07 Å². The van der Waals surface area contributed by atoms with Gasteiger partial charge in [-0.1, -0.05) is 31.1 Å². The van der Waals surface area contributed by atoms with Crippen LogP contribution < -0.4 is 10.1 Å². The smallest absolute Gasteiger partial charge is 0.223 e. The molecule has 1 N–H and O–H groups in total. The second-order valence-electron chi connectivity index (χ2n) is 5.27. The summed E-state index contributed by atoms with van der Waals surface area (Å²) in [5.41, 5.74) is 0.774. The zero-order valence-corrected chi connectivity index (χ0v) is 12.5. The Balaban J connectivity index is 2.02. The molecule has 0 fully saturated rings. The highest BCUT2D eigenvalue weighted by molar-refractivity contribution is 5.35. The van der Waals surface area contributed by atoms with Gasteiger partial charge in [-0.3, -0.25) is 0 Å². The van der Waals surface area contributed by atoms with Crippen LogP contribution in [0.4, 0.5) is 4.39 Å². The fraction of sp³-hybridized carbons (Fsp3) is 0.467. The summed E-state index contributed by atoms with van der Waals surface area (Å²) in [6.45, 7) is 7.43. The summed E-state index contributed by atoms with van der Waals surface area (Å²) in [7, 11) is 0. The molecule has 0 bridgehead atoms. The number of ether oxygens (including phenoxy) is 1. The first-order valence-corrected chi connectivity index (χ1v) is 6.96. The fourth-order valence-corrected chi connectivity index (χ4v) is 1.89. The van der Waals surface area contributed by atoms with E-state index < -0.39 is 0 Å². The maximum atomic E-state index is 13.9. The molecule has 0 unspecified atom stereocenters. The third-order valence-corrected chi connectivity index (χ3v) is 2.83. The van der Waals surface area contributed by atoms with Gasteiger partial charge in [-0.05, 0) is 18.5 Å². The number of benzene rings is 1. The summed E-state index contributed by atoms with van der Waals surface area (Å²) in [6.07, 6.45) is 0. The van der Waals surface area contributed by atoms with Crippen molar-refractivity contribution < 1.29 is 13.7 Å². The van der Waals surface area contributed by atoms with Gasteiger partial charge < -0.3 is 14.6 Å². The van der Waals surface area contributed by atoms with Gasteiger partial charge >= 0.3 is 0 Å². The van der Waals surface area contributed by atoms with Crippen LogP contribution in [0, 0.1) is 18.7 Å². The van der Waals surface area contributed by atoms with Crippen LogP contribution in [0.5, 0.6) is 5.75 Å². The van der Waals surface area contributed by atoms with E-state index in [9.17, 15) is 4.39 Å². The molecule has 2 aromatic rings. The second-order valence-corrected chi connectivity index (χ2v) is 5.27. The Labute approximate surface area is 123 Å². The number of para-hydroxylation sites is 1. The minimum absolute atomic E-state index is 0.0788. The number of aryl methyl sites for hydroxylation is 1. The van der Waals surface area contributed by atoms with Gasteiger partial charge in [0.05, 0.1) is 0 Å². The first-order valence-electron chi connectivity index (χ1n) is 6.96. The van der Waals surface area contributed by atoms with Crippen molar-refractivity contribution in [2.24, 2.45) is 5.92 Å². The van der Waals surface area contributed by atoms with Gasteiger partial charge in [0.2, 0.25) is 11.7 Å². The number of hydrogen-bond donors (Lipinski definition) is 1. The van der Waals surface area contributed by atoms with Crippen molar-refractivity contribution in [3.05, 3.63) is 41.3 Å². The van der Waals surface area contributed by atoms with Crippen molar-refractivity contribution in [3.63, 3.8) is 0 Å². The van der Waals surface area contributed by atoms with E-state index in [0.29, 0.717) is 24.2 Å². The molecule has 21 heavy (non-hydrogen) atoms. The number of nitrogens with zero attached hydrogens (tertiary/aromatic N) is 2. The Bertz CT molecular complexity index is 584. The van der Waals surface area contributed by atoms with Gasteiger partial charge in [0.25, 0.3) is 0 Å². The summed E-state index contributed by atoms with van der Waals surface area (Å²) in [4.78, 5) is 4.03. The molecule has 2 rings (SSSR count). The molecule has 0 saturated heterocycles. The lowest BCUT2D eigenvalue weighted by Gasteiger charge is -2.13. The molecule has 0 amide bonds. The summed E-state index contributed by atoms with van der Waals surface area (Å²) in [5.74, 6) is 1.23. The van der Waals surface area contributed by atoms with Gasteiger partial charge in [-0.25, -0.2) is 4.39 Å². The minimum Gasteiger partial charge on any atom is -0.482 e. The van der Waals surface area contributed by atoms with Gasteiger partial charge in [-0.15, -0.1) is 0 Å². The molecule has 1 aromatic carbocycles. The topological polar surface area (TPSA) is 60.2 Å². The van der Waals surface area contributed by atoms with E-state index in [-0.39, 0.29) is 18.2 Å². The van der Waals surface area contributed by atoms with Crippen LogP contribution in [-0.4, -0.2) is 16.7 Å². The average Bonchev–Trinajstić information content (AvgIpc) is 2.83. The highest BCUT2D eigenvalue weighted by Crippen LogP contribution is 2.23.